The summed E-state index contributed by atoms with van der Waals surface area (Å²) in [6.45, 7) is 8.74. The van der Waals surface area contributed by atoms with Crippen LogP contribution in [0.25, 0.3) is 0 Å². The third-order valence-electron chi connectivity index (χ3n) is 3.79. The smallest absolute Gasteiger partial charge is 0.175 e. The number of anilines is 2. The van der Waals surface area contributed by atoms with Crippen LogP contribution < -0.4 is 15.5 Å². The maximum atomic E-state index is 5.57. The fourth-order valence-electron chi connectivity index (χ4n) is 3.35. The number of hydrogen-bond donors (Lipinski definition) is 2. The Hall–Kier alpha value is -1.29. The zero-order valence-electron chi connectivity index (χ0n) is 11.3. The summed E-state index contributed by atoms with van der Waals surface area (Å²) >= 11 is 5.57. The van der Waals surface area contributed by atoms with E-state index in [-0.39, 0.29) is 11.2 Å². The lowest BCUT2D eigenvalue weighted by atomic mass is 9.89. The molecule has 0 amide bonds. The van der Waals surface area contributed by atoms with Gasteiger partial charge in [0, 0.05) is 12.0 Å². The minimum absolute atomic E-state index is 0.0191. The molecule has 1 fully saturated rings. The molecule has 2 heterocycles. The van der Waals surface area contributed by atoms with Crippen molar-refractivity contribution in [3.05, 3.63) is 23.8 Å². The van der Waals surface area contributed by atoms with E-state index in [2.05, 4.69) is 61.4 Å². The van der Waals surface area contributed by atoms with E-state index < -0.39 is 0 Å². The quantitative estimate of drug-likeness (QED) is 0.702. The number of aryl methyl sites for hydroxylation is 1. The molecule has 0 bridgehead atoms. The number of thiocarbonyl (C=S) groups is 1. The highest BCUT2D eigenvalue weighted by Crippen LogP contribution is 2.46. The van der Waals surface area contributed by atoms with Gasteiger partial charge < -0.3 is 10.6 Å². The van der Waals surface area contributed by atoms with Crippen LogP contribution in [0.1, 0.15) is 32.8 Å². The normalized spacial score (nSPS) is 28.2. The van der Waals surface area contributed by atoms with E-state index in [0.29, 0.717) is 0 Å². The molecule has 96 valence electrons. The fraction of sp³-hybridized carbons (Fsp3) is 0.500. The molecule has 2 N–H and O–H groups in total. The molecule has 3 rings (SSSR count). The van der Waals surface area contributed by atoms with Crippen LogP contribution in [0.3, 0.4) is 0 Å². The van der Waals surface area contributed by atoms with Crippen molar-refractivity contribution in [3.8, 4) is 0 Å². The lowest BCUT2D eigenvalue weighted by Gasteiger charge is -2.49. The molecule has 1 aromatic rings. The largest absolute Gasteiger partial charge is 0.361 e. The van der Waals surface area contributed by atoms with E-state index in [4.69, 9.17) is 12.2 Å². The maximum absolute atomic E-state index is 5.57. The Labute approximate surface area is 114 Å². The topological polar surface area (TPSA) is 27.3 Å². The minimum Gasteiger partial charge on any atom is -0.361 e. The zero-order valence-corrected chi connectivity index (χ0v) is 12.1. The van der Waals surface area contributed by atoms with E-state index in [1.54, 1.807) is 0 Å². The first-order valence-corrected chi connectivity index (χ1v) is 6.73. The van der Waals surface area contributed by atoms with Crippen molar-refractivity contribution in [3.63, 3.8) is 0 Å². The van der Waals surface area contributed by atoms with E-state index in [0.717, 1.165) is 11.5 Å². The first kappa shape index (κ1) is 11.8. The molecule has 18 heavy (non-hydrogen) atoms. The van der Waals surface area contributed by atoms with Gasteiger partial charge in [0.15, 0.2) is 5.11 Å². The second kappa shape index (κ2) is 3.38. The summed E-state index contributed by atoms with van der Waals surface area (Å²) in [5, 5.41) is 7.89. The van der Waals surface area contributed by atoms with E-state index >= 15 is 0 Å². The Balaban J connectivity index is 2.14. The molecule has 0 aromatic heterocycles. The highest BCUT2D eigenvalue weighted by molar-refractivity contribution is 7.80. The molecular weight excluding hydrogens is 242 g/mol. The molecule has 4 heteroatoms. The maximum Gasteiger partial charge on any atom is 0.175 e. The standard InChI is InChI=1S/C14H19N3S/c1-9-6-5-7-10-11(9)17-12(18)16-13(2,3)8-14(17,4)15-10/h5-7,15H,8H2,1-4H3,(H,16,18). The molecule has 0 saturated carbocycles. The van der Waals surface area contributed by atoms with Crippen LogP contribution in [0.2, 0.25) is 0 Å². The van der Waals surface area contributed by atoms with Crippen molar-refractivity contribution >= 4 is 28.7 Å². The van der Waals surface area contributed by atoms with E-state index in [1.165, 1.54) is 16.9 Å². The Bertz CT molecular complexity index is 538. The van der Waals surface area contributed by atoms with Gasteiger partial charge in [0.2, 0.25) is 0 Å². The predicted octanol–water partition coefficient (Wildman–Crippen LogP) is 3.00. The first-order valence-electron chi connectivity index (χ1n) is 6.33. The van der Waals surface area contributed by atoms with Gasteiger partial charge in [-0.15, -0.1) is 0 Å². The van der Waals surface area contributed by atoms with Crippen molar-refractivity contribution in [2.75, 3.05) is 10.2 Å². The lowest BCUT2D eigenvalue weighted by molar-refractivity contribution is 0.310. The van der Waals surface area contributed by atoms with Crippen molar-refractivity contribution in [2.45, 2.75) is 45.3 Å². The Morgan fingerprint density at radius 2 is 1.94 bits per heavy atom. The van der Waals surface area contributed by atoms with Crippen molar-refractivity contribution in [1.29, 1.82) is 0 Å². The van der Waals surface area contributed by atoms with Crippen LogP contribution >= 0.6 is 12.2 Å². The molecular formula is C14H19N3S. The molecule has 3 nitrogen and oxygen atoms in total. The Kier molecular flexibility index (Phi) is 2.21. The first-order chi connectivity index (χ1) is 8.32. The van der Waals surface area contributed by atoms with Gasteiger partial charge in [0.1, 0.15) is 5.66 Å². The Morgan fingerprint density at radius 1 is 1.22 bits per heavy atom. The van der Waals surface area contributed by atoms with Gasteiger partial charge in [-0.1, -0.05) is 12.1 Å². The molecule has 1 unspecified atom stereocenters. The number of hydrogen-bond acceptors (Lipinski definition) is 2. The van der Waals surface area contributed by atoms with Gasteiger partial charge in [-0.3, -0.25) is 4.90 Å². The molecule has 1 atom stereocenters. The molecule has 0 spiro atoms. The zero-order chi connectivity index (χ0) is 13.1. The summed E-state index contributed by atoms with van der Waals surface area (Å²) in [6.07, 6.45) is 0.994. The van der Waals surface area contributed by atoms with E-state index in [1.807, 2.05) is 0 Å². The summed E-state index contributed by atoms with van der Waals surface area (Å²) in [4.78, 5) is 2.23. The van der Waals surface area contributed by atoms with Gasteiger partial charge in [-0.2, -0.15) is 0 Å². The highest BCUT2D eigenvalue weighted by atomic mass is 32.1. The number of rotatable bonds is 0. The molecule has 0 radical (unpaired) electrons. The summed E-state index contributed by atoms with van der Waals surface area (Å²) in [5.74, 6) is 0. The van der Waals surface area contributed by atoms with Gasteiger partial charge >= 0.3 is 0 Å². The number of nitrogens with zero attached hydrogens (tertiary/aromatic N) is 1. The van der Waals surface area contributed by atoms with Crippen molar-refractivity contribution < 1.29 is 0 Å². The predicted molar refractivity (Wildman–Crippen MR) is 80.1 cm³/mol. The average Bonchev–Trinajstić information content (AvgIpc) is 2.48. The second-order valence-electron chi connectivity index (χ2n) is 6.20. The number of nitrogens with one attached hydrogen (secondary N) is 2. The molecule has 2 aliphatic rings. The van der Waals surface area contributed by atoms with Gasteiger partial charge in [-0.05, 0) is 51.5 Å². The Morgan fingerprint density at radius 3 is 2.67 bits per heavy atom. The molecule has 1 saturated heterocycles. The van der Waals surface area contributed by atoms with E-state index in [9.17, 15) is 0 Å². The average molecular weight is 261 g/mol. The fourth-order valence-corrected chi connectivity index (χ4v) is 3.92. The monoisotopic (exact) mass is 261 g/mol. The molecule has 2 aliphatic heterocycles. The minimum atomic E-state index is -0.125. The summed E-state index contributed by atoms with van der Waals surface area (Å²) in [6, 6.07) is 6.35. The summed E-state index contributed by atoms with van der Waals surface area (Å²) in [7, 11) is 0. The lowest BCUT2D eigenvalue weighted by Crippen LogP contribution is -2.67. The third kappa shape index (κ3) is 1.52. The SMILES string of the molecule is Cc1cccc2c1N1C(=S)NC(C)(C)CC1(C)N2. The van der Waals surface area contributed by atoms with Gasteiger partial charge in [0.05, 0.1) is 11.4 Å². The number of para-hydroxylation sites is 1. The molecule has 1 aromatic carbocycles. The highest BCUT2D eigenvalue weighted by Gasteiger charge is 2.49. The van der Waals surface area contributed by atoms with Crippen LogP contribution in [0.5, 0.6) is 0 Å². The molecule has 0 aliphatic carbocycles. The number of benzene rings is 1. The second-order valence-corrected chi connectivity index (χ2v) is 6.58. The summed E-state index contributed by atoms with van der Waals surface area (Å²) in [5.41, 5.74) is 3.55. The van der Waals surface area contributed by atoms with Gasteiger partial charge in [0.25, 0.3) is 0 Å². The van der Waals surface area contributed by atoms with Crippen LogP contribution in [0.4, 0.5) is 11.4 Å². The number of fused-ring (bicyclic) bond motifs is 3. The van der Waals surface area contributed by atoms with Crippen LogP contribution in [-0.2, 0) is 0 Å². The van der Waals surface area contributed by atoms with Gasteiger partial charge in [-0.25, -0.2) is 0 Å². The van der Waals surface area contributed by atoms with Crippen molar-refractivity contribution in [1.82, 2.24) is 5.32 Å². The van der Waals surface area contributed by atoms with Crippen molar-refractivity contribution in [2.24, 2.45) is 0 Å². The third-order valence-corrected chi connectivity index (χ3v) is 4.08. The van der Waals surface area contributed by atoms with Crippen LogP contribution in [0, 0.1) is 6.92 Å². The summed E-state index contributed by atoms with van der Waals surface area (Å²) < 4.78 is 0. The van der Waals surface area contributed by atoms with Crippen LogP contribution in [0.15, 0.2) is 18.2 Å². The van der Waals surface area contributed by atoms with Crippen LogP contribution in [-0.4, -0.2) is 16.3 Å².